The quantitative estimate of drug-likeness (QED) is 0.845. The van der Waals surface area contributed by atoms with Gasteiger partial charge in [0.1, 0.15) is 12.4 Å². The summed E-state index contributed by atoms with van der Waals surface area (Å²) in [5.74, 6) is 0.747. The monoisotopic (exact) mass is 218 g/mol. The fraction of sp³-hybridized carbons (Fsp3) is 0.250. The maximum absolute atomic E-state index is 8.98. The van der Waals surface area contributed by atoms with E-state index in [1.807, 2.05) is 43.6 Å². The van der Waals surface area contributed by atoms with Gasteiger partial charge in [0.15, 0.2) is 0 Å². The van der Waals surface area contributed by atoms with Crippen molar-refractivity contribution < 1.29 is 9.84 Å². The van der Waals surface area contributed by atoms with Gasteiger partial charge in [-0.15, -0.1) is 0 Å². The van der Waals surface area contributed by atoms with E-state index in [0.717, 1.165) is 17.0 Å². The van der Waals surface area contributed by atoms with Crippen molar-refractivity contribution in [1.82, 2.24) is 9.78 Å². The Morgan fingerprint density at radius 1 is 1.38 bits per heavy atom. The zero-order chi connectivity index (χ0) is 11.4. The van der Waals surface area contributed by atoms with Crippen LogP contribution in [-0.2, 0) is 20.3 Å². The normalized spacial score (nSPS) is 10.4. The highest BCUT2D eigenvalue weighted by molar-refractivity contribution is 5.28. The van der Waals surface area contributed by atoms with Crippen LogP contribution in [0.15, 0.2) is 36.5 Å². The smallest absolute Gasteiger partial charge is 0.132 e. The molecule has 0 saturated heterocycles. The van der Waals surface area contributed by atoms with Gasteiger partial charge >= 0.3 is 0 Å². The summed E-state index contributed by atoms with van der Waals surface area (Å²) in [6.45, 7) is 0.469. The molecule has 1 aromatic carbocycles. The summed E-state index contributed by atoms with van der Waals surface area (Å²) < 4.78 is 7.30. The Bertz CT molecular complexity index is 466. The SMILES string of the molecule is Cn1ccc(COc2cccc(CO)c2)n1. The summed E-state index contributed by atoms with van der Waals surface area (Å²) in [4.78, 5) is 0. The molecule has 0 radical (unpaired) electrons. The molecule has 0 amide bonds. The van der Waals surface area contributed by atoms with Gasteiger partial charge in [0.25, 0.3) is 0 Å². The average Bonchev–Trinajstić information content (AvgIpc) is 2.73. The first kappa shape index (κ1) is 10.7. The molecule has 0 unspecified atom stereocenters. The zero-order valence-corrected chi connectivity index (χ0v) is 9.13. The van der Waals surface area contributed by atoms with Gasteiger partial charge in [-0.2, -0.15) is 5.10 Å². The third kappa shape index (κ3) is 2.61. The first-order valence-electron chi connectivity index (χ1n) is 5.09. The molecule has 1 N–H and O–H groups in total. The number of ether oxygens (including phenoxy) is 1. The lowest BCUT2D eigenvalue weighted by Crippen LogP contribution is -1.98. The van der Waals surface area contributed by atoms with Crippen LogP contribution in [0.3, 0.4) is 0 Å². The molecule has 2 aromatic rings. The van der Waals surface area contributed by atoms with Crippen LogP contribution < -0.4 is 4.74 Å². The molecule has 84 valence electrons. The summed E-state index contributed by atoms with van der Waals surface area (Å²) in [7, 11) is 1.87. The van der Waals surface area contributed by atoms with Crippen molar-refractivity contribution in [2.24, 2.45) is 7.05 Å². The first-order valence-corrected chi connectivity index (χ1v) is 5.09. The lowest BCUT2D eigenvalue weighted by Gasteiger charge is -2.05. The molecule has 0 aliphatic heterocycles. The highest BCUT2D eigenvalue weighted by atomic mass is 16.5. The van der Waals surface area contributed by atoms with Gasteiger partial charge in [0.05, 0.1) is 12.3 Å². The van der Waals surface area contributed by atoms with Crippen LogP contribution in [-0.4, -0.2) is 14.9 Å². The number of aryl methyl sites for hydroxylation is 1. The van der Waals surface area contributed by atoms with Gasteiger partial charge in [-0.3, -0.25) is 4.68 Å². The van der Waals surface area contributed by atoms with Crippen LogP contribution in [0.2, 0.25) is 0 Å². The lowest BCUT2D eigenvalue weighted by molar-refractivity contribution is 0.277. The number of aromatic nitrogens is 2. The second kappa shape index (κ2) is 4.81. The second-order valence-electron chi connectivity index (χ2n) is 3.57. The Labute approximate surface area is 94.1 Å². The number of rotatable bonds is 4. The molecule has 0 atom stereocenters. The molecule has 0 fully saturated rings. The topological polar surface area (TPSA) is 47.3 Å². The van der Waals surface area contributed by atoms with Gasteiger partial charge in [-0.25, -0.2) is 0 Å². The molecule has 0 aliphatic carbocycles. The minimum atomic E-state index is 0.0286. The van der Waals surface area contributed by atoms with Crippen LogP contribution >= 0.6 is 0 Å². The molecule has 1 aromatic heterocycles. The number of hydrogen-bond donors (Lipinski definition) is 1. The fourth-order valence-electron chi connectivity index (χ4n) is 1.43. The number of aliphatic hydroxyl groups is 1. The predicted molar refractivity (Wildman–Crippen MR) is 59.9 cm³/mol. The lowest BCUT2D eigenvalue weighted by atomic mass is 10.2. The molecule has 1 heterocycles. The molecule has 0 spiro atoms. The largest absolute Gasteiger partial charge is 0.487 e. The van der Waals surface area contributed by atoms with Gasteiger partial charge in [-0.1, -0.05) is 12.1 Å². The van der Waals surface area contributed by atoms with E-state index in [1.54, 1.807) is 4.68 Å². The number of benzene rings is 1. The Hall–Kier alpha value is -1.81. The number of hydrogen-bond acceptors (Lipinski definition) is 3. The Balaban J connectivity index is 1.99. The maximum atomic E-state index is 8.98. The Morgan fingerprint density at radius 3 is 2.94 bits per heavy atom. The third-order valence-corrected chi connectivity index (χ3v) is 2.24. The van der Waals surface area contributed by atoms with Crippen LogP contribution in [0.4, 0.5) is 0 Å². The maximum Gasteiger partial charge on any atom is 0.132 e. The fourth-order valence-corrected chi connectivity index (χ4v) is 1.43. The summed E-state index contributed by atoms with van der Waals surface area (Å²) in [6.07, 6.45) is 1.88. The van der Waals surface area contributed by atoms with E-state index in [1.165, 1.54) is 0 Å². The van der Waals surface area contributed by atoms with E-state index >= 15 is 0 Å². The summed E-state index contributed by atoms with van der Waals surface area (Å²) in [5, 5.41) is 13.2. The van der Waals surface area contributed by atoms with E-state index in [-0.39, 0.29) is 6.61 Å². The van der Waals surface area contributed by atoms with Gasteiger partial charge < -0.3 is 9.84 Å². The van der Waals surface area contributed by atoms with E-state index in [9.17, 15) is 0 Å². The first-order chi connectivity index (χ1) is 7.78. The standard InChI is InChI=1S/C12H14N2O2/c1-14-6-5-11(13-14)9-16-12-4-2-3-10(7-12)8-15/h2-7,15H,8-9H2,1H3. The minimum absolute atomic E-state index is 0.0286. The van der Waals surface area contributed by atoms with E-state index in [0.29, 0.717) is 6.61 Å². The summed E-state index contributed by atoms with van der Waals surface area (Å²) >= 11 is 0. The molecular weight excluding hydrogens is 204 g/mol. The molecule has 4 nitrogen and oxygen atoms in total. The van der Waals surface area contributed by atoms with E-state index in [2.05, 4.69) is 5.10 Å². The van der Waals surface area contributed by atoms with Crippen molar-refractivity contribution >= 4 is 0 Å². The van der Waals surface area contributed by atoms with Crippen molar-refractivity contribution in [2.45, 2.75) is 13.2 Å². The zero-order valence-electron chi connectivity index (χ0n) is 9.13. The van der Waals surface area contributed by atoms with Crippen LogP contribution in [0, 0.1) is 0 Å². The van der Waals surface area contributed by atoms with E-state index < -0.39 is 0 Å². The molecule has 4 heteroatoms. The van der Waals surface area contributed by atoms with Crippen LogP contribution in [0.25, 0.3) is 0 Å². The molecule has 2 rings (SSSR count). The van der Waals surface area contributed by atoms with Crippen LogP contribution in [0.5, 0.6) is 5.75 Å². The number of aliphatic hydroxyl groups excluding tert-OH is 1. The average molecular weight is 218 g/mol. The Morgan fingerprint density at radius 2 is 2.25 bits per heavy atom. The second-order valence-corrected chi connectivity index (χ2v) is 3.57. The van der Waals surface area contributed by atoms with Crippen molar-refractivity contribution in [1.29, 1.82) is 0 Å². The van der Waals surface area contributed by atoms with Crippen molar-refractivity contribution in [3.8, 4) is 5.75 Å². The Kier molecular flexibility index (Phi) is 3.22. The highest BCUT2D eigenvalue weighted by Crippen LogP contribution is 2.14. The summed E-state index contributed by atoms with van der Waals surface area (Å²) in [5.41, 5.74) is 1.73. The molecule has 16 heavy (non-hydrogen) atoms. The molecule has 0 saturated carbocycles. The number of nitrogens with zero attached hydrogens (tertiary/aromatic N) is 2. The van der Waals surface area contributed by atoms with E-state index in [4.69, 9.17) is 9.84 Å². The van der Waals surface area contributed by atoms with Crippen molar-refractivity contribution in [2.75, 3.05) is 0 Å². The van der Waals surface area contributed by atoms with Crippen molar-refractivity contribution in [3.05, 3.63) is 47.8 Å². The van der Waals surface area contributed by atoms with Gasteiger partial charge in [0.2, 0.25) is 0 Å². The predicted octanol–water partition coefficient (Wildman–Crippen LogP) is 1.49. The highest BCUT2D eigenvalue weighted by Gasteiger charge is 1.99. The van der Waals surface area contributed by atoms with Crippen molar-refractivity contribution in [3.63, 3.8) is 0 Å². The van der Waals surface area contributed by atoms with Gasteiger partial charge in [-0.05, 0) is 23.8 Å². The minimum Gasteiger partial charge on any atom is -0.487 e. The molecular formula is C12H14N2O2. The van der Waals surface area contributed by atoms with Crippen LogP contribution in [0.1, 0.15) is 11.3 Å². The third-order valence-electron chi connectivity index (χ3n) is 2.24. The molecule has 0 bridgehead atoms. The molecule has 0 aliphatic rings. The van der Waals surface area contributed by atoms with Gasteiger partial charge in [0, 0.05) is 13.2 Å². The summed E-state index contributed by atoms with van der Waals surface area (Å²) in [6, 6.07) is 9.31.